The lowest BCUT2D eigenvalue weighted by atomic mass is 10.4. The minimum atomic E-state index is -3.61. The SMILES string of the molecule is COc1n[nH]c(NS(=O)(=O)N(C)C(C)C)n1. The van der Waals surface area contributed by atoms with Gasteiger partial charge in [0.1, 0.15) is 0 Å². The molecule has 0 aromatic carbocycles. The van der Waals surface area contributed by atoms with Crippen molar-refractivity contribution < 1.29 is 13.2 Å². The third kappa shape index (κ3) is 2.83. The molecular formula is C7H15N5O3S. The first-order chi connectivity index (χ1) is 7.36. The average molecular weight is 249 g/mol. The van der Waals surface area contributed by atoms with Crippen LogP contribution in [0.2, 0.25) is 0 Å². The summed E-state index contributed by atoms with van der Waals surface area (Å²) in [5.41, 5.74) is 0. The number of aromatic amines is 1. The highest BCUT2D eigenvalue weighted by Crippen LogP contribution is 2.09. The number of hydrogen-bond acceptors (Lipinski definition) is 5. The van der Waals surface area contributed by atoms with Gasteiger partial charge in [-0.2, -0.15) is 17.7 Å². The number of nitrogens with zero attached hydrogens (tertiary/aromatic N) is 3. The minimum absolute atomic E-state index is 0.0179. The molecule has 16 heavy (non-hydrogen) atoms. The monoisotopic (exact) mass is 249 g/mol. The molecule has 1 heterocycles. The number of anilines is 1. The summed E-state index contributed by atoms with van der Waals surface area (Å²) in [6.45, 7) is 3.53. The number of methoxy groups -OCH3 is 1. The van der Waals surface area contributed by atoms with Gasteiger partial charge in [-0.3, -0.25) is 0 Å². The van der Waals surface area contributed by atoms with Crippen molar-refractivity contribution in [3.8, 4) is 6.01 Å². The standard InChI is InChI=1S/C7H15N5O3S/c1-5(2)12(3)16(13,14)11-6-8-7(15-4)10-9-6/h5H,1-4H3,(H2,8,9,10,11). The molecule has 1 rings (SSSR count). The van der Waals surface area contributed by atoms with Crippen LogP contribution in [0, 0.1) is 0 Å². The first-order valence-electron chi connectivity index (χ1n) is 4.59. The Labute approximate surface area is 94.2 Å². The number of rotatable bonds is 5. The van der Waals surface area contributed by atoms with Gasteiger partial charge in [0.2, 0.25) is 5.95 Å². The second-order valence-corrected chi connectivity index (χ2v) is 5.12. The van der Waals surface area contributed by atoms with Gasteiger partial charge in [0.15, 0.2) is 0 Å². The van der Waals surface area contributed by atoms with Gasteiger partial charge < -0.3 is 4.74 Å². The molecule has 92 valence electrons. The summed E-state index contributed by atoms with van der Waals surface area (Å²) < 4.78 is 31.6. The zero-order valence-corrected chi connectivity index (χ0v) is 10.4. The van der Waals surface area contributed by atoms with Crippen molar-refractivity contribution in [1.82, 2.24) is 19.5 Å². The second-order valence-electron chi connectivity index (χ2n) is 3.39. The van der Waals surface area contributed by atoms with Crippen molar-refractivity contribution >= 4 is 16.2 Å². The highest BCUT2D eigenvalue weighted by atomic mass is 32.2. The molecule has 0 aliphatic heterocycles. The Hall–Kier alpha value is -1.35. The van der Waals surface area contributed by atoms with E-state index < -0.39 is 10.2 Å². The van der Waals surface area contributed by atoms with E-state index in [1.807, 2.05) is 0 Å². The maximum absolute atomic E-state index is 11.7. The van der Waals surface area contributed by atoms with Gasteiger partial charge in [-0.05, 0) is 13.8 Å². The van der Waals surface area contributed by atoms with E-state index in [1.54, 1.807) is 13.8 Å². The zero-order valence-electron chi connectivity index (χ0n) is 9.55. The van der Waals surface area contributed by atoms with E-state index in [0.717, 1.165) is 0 Å². The summed E-state index contributed by atoms with van der Waals surface area (Å²) in [4.78, 5) is 3.75. The van der Waals surface area contributed by atoms with E-state index in [2.05, 4.69) is 19.9 Å². The molecule has 0 spiro atoms. The zero-order chi connectivity index (χ0) is 12.3. The Kier molecular flexibility index (Phi) is 3.70. The fourth-order valence-electron chi connectivity index (χ4n) is 0.855. The molecule has 1 aromatic heterocycles. The van der Waals surface area contributed by atoms with Crippen LogP contribution < -0.4 is 9.46 Å². The molecule has 0 unspecified atom stereocenters. The van der Waals surface area contributed by atoms with Crippen molar-refractivity contribution in [1.29, 1.82) is 0 Å². The Morgan fingerprint density at radius 3 is 2.56 bits per heavy atom. The highest BCUT2D eigenvalue weighted by Gasteiger charge is 2.21. The topological polar surface area (TPSA) is 100 Å². The predicted molar refractivity (Wildman–Crippen MR) is 58.4 cm³/mol. The van der Waals surface area contributed by atoms with Crippen LogP contribution in [0.4, 0.5) is 5.95 Å². The smallest absolute Gasteiger partial charge is 0.336 e. The summed E-state index contributed by atoms with van der Waals surface area (Å²) in [7, 11) is -0.750. The Balaban J connectivity index is 2.80. The van der Waals surface area contributed by atoms with Crippen molar-refractivity contribution in [3.05, 3.63) is 0 Å². The van der Waals surface area contributed by atoms with Gasteiger partial charge in [0.25, 0.3) is 0 Å². The largest absolute Gasteiger partial charge is 0.466 e. The molecule has 0 radical (unpaired) electrons. The normalized spacial score (nSPS) is 12.1. The van der Waals surface area contributed by atoms with Crippen molar-refractivity contribution in [2.75, 3.05) is 18.9 Å². The van der Waals surface area contributed by atoms with E-state index >= 15 is 0 Å². The molecule has 1 aromatic rings. The van der Waals surface area contributed by atoms with Crippen LogP contribution in [-0.2, 0) is 10.2 Å². The lowest BCUT2D eigenvalue weighted by molar-refractivity contribution is 0.382. The van der Waals surface area contributed by atoms with Crippen LogP contribution in [0.1, 0.15) is 13.8 Å². The van der Waals surface area contributed by atoms with Crippen LogP contribution in [0.3, 0.4) is 0 Å². The molecule has 0 atom stereocenters. The summed E-state index contributed by atoms with van der Waals surface area (Å²) in [6, 6.07) is -0.0767. The molecule has 0 fully saturated rings. The molecule has 0 saturated heterocycles. The summed E-state index contributed by atoms with van der Waals surface area (Å²) in [6.07, 6.45) is 0. The molecule has 0 amide bonds. The van der Waals surface area contributed by atoms with Gasteiger partial charge in [-0.25, -0.2) is 9.82 Å². The summed E-state index contributed by atoms with van der Waals surface area (Å²) in [5, 5.41) is 6.02. The van der Waals surface area contributed by atoms with E-state index in [0.29, 0.717) is 0 Å². The van der Waals surface area contributed by atoms with Crippen LogP contribution >= 0.6 is 0 Å². The number of hydrogen-bond donors (Lipinski definition) is 2. The van der Waals surface area contributed by atoms with Crippen LogP contribution in [0.15, 0.2) is 0 Å². The number of H-pyrrole nitrogens is 1. The molecule has 8 nitrogen and oxygen atoms in total. The fourth-order valence-corrected chi connectivity index (χ4v) is 1.89. The summed E-state index contributed by atoms with van der Waals surface area (Å²) in [5.74, 6) is 0.0179. The number of ether oxygens (including phenoxy) is 1. The molecule has 0 aliphatic carbocycles. The lowest BCUT2D eigenvalue weighted by Gasteiger charge is -2.20. The molecule has 0 aliphatic rings. The van der Waals surface area contributed by atoms with Crippen molar-refractivity contribution in [3.63, 3.8) is 0 Å². The molecular weight excluding hydrogens is 234 g/mol. The van der Waals surface area contributed by atoms with E-state index in [1.165, 1.54) is 18.5 Å². The van der Waals surface area contributed by atoms with Crippen molar-refractivity contribution in [2.45, 2.75) is 19.9 Å². The second kappa shape index (κ2) is 4.66. The van der Waals surface area contributed by atoms with Crippen LogP contribution in [0.25, 0.3) is 0 Å². The third-order valence-corrected chi connectivity index (χ3v) is 3.61. The maximum Gasteiger partial charge on any atom is 0.336 e. The quantitative estimate of drug-likeness (QED) is 0.753. The van der Waals surface area contributed by atoms with E-state index in [9.17, 15) is 8.42 Å². The summed E-state index contributed by atoms with van der Waals surface area (Å²) >= 11 is 0. The third-order valence-electron chi connectivity index (χ3n) is 1.98. The van der Waals surface area contributed by atoms with Gasteiger partial charge in [0.05, 0.1) is 7.11 Å². The van der Waals surface area contributed by atoms with Gasteiger partial charge in [-0.1, -0.05) is 0 Å². The molecule has 2 N–H and O–H groups in total. The van der Waals surface area contributed by atoms with Crippen LogP contribution in [-0.4, -0.2) is 48.1 Å². The van der Waals surface area contributed by atoms with Gasteiger partial charge in [-0.15, -0.1) is 5.10 Å². The Morgan fingerprint density at radius 1 is 1.50 bits per heavy atom. The first-order valence-corrected chi connectivity index (χ1v) is 6.03. The van der Waals surface area contributed by atoms with E-state index in [4.69, 9.17) is 4.74 Å². The predicted octanol–water partition coefficient (Wildman–Crippen LogP) is -0.190. The van der Waals surface area contributed by atoms with Gasteiger partial charge >= 0.3 is 16.2 Å². The average Bonchev–Trinajstić information content (AvgIpc) is 2.63. The first kappa shape index (κ1) is 12.7. The number of aromatic nitrogens is 3. The van der Waals surface area contributed by atoms with Gasteiger partial charge in [0, 0.05) is 13.1 Å². The maximum atomic E-state index is 11.7. The van der Waals surface area contributed by atoms with E-state index in [-0.39, 0.29) is 18.0 Å². The molecule has 0 saturated carbocycles. The Morgan fingerprint density at radius 2 is 2.12 bits per heavy atom. The van der Waals surface area contributed by atoms with Crippen LogP contribution in [0.5, 0.6) is 6.01 Å². The number of nitrogens with one attached hydrogen (secondary N) is 2. The van der Waals surface area contributed by atoms with Crippen molar-refractivity contribution in [2.24, 2.45) is 0 Å². The highest BCUT2D eigenvalue weighted by molar-refractivity contribution is 7.90. The molecule has 0 bridgehead atoms. The lowest BCUT2D eigenvalue weighted by Crippen LogP contribution is -2.37. The minimum Gasteiger partial charge on any atom is -0.466 e. The molecule has 9 heteroatoms. The Bertz CT molecular complexity index is 441. The fraction of sp³-hybridized carbons (Fsp3) is 0.714.